The van der Waals surface area contributed by atoms with E-state index in [1.54, 1.807) is 11.3 Å². The minimum Gasteiger partial charge on any atom is -0.306 e. The van der Waals surface area contributed by atoms with Crippen molar-refractivity contribution in [1.82, 2.24) is 5.32 Å². The molecule has 1 unspecified atom stereocenters. The predicted molar refractivity (Wildman–Crippen MR) is 86.2 cm³/mol. The van der Waals surface area contributed by atoms with Crippen molar-refractivity contribution in [2.45, 2.75) is 19.4 Å². The molecule has 2 aromatic rings. The highest BCUT2D eigenvalue weighted by molar-refractivity contribution is 9.13. The Morgan fingerprint density at radius 2 is 1.80 bits per heavy atom. The highest BCUT2D eigenvalue weighted by Gasteiger charge is 2.18. The molecule has 1 atom stereocenters. The summed E-state index contributed by atoms with van der Waals surface area (Å²) in [6.45, 7) is 2.83. The molecule has 0 aliphatic carbocycles. The molecule has 1 aromatic heterocycles. The van der Waals surface area contributed by atoms with Gasteiger partial charge < -0.3 is 5.32 Å². The van der Waals surface area contributed by atoms with Gasteiger partial charge in [-0.2, -0.15) is 0 Å². The lowest BCUT2D eigenvalue weighted by Gasteiger charge is -2.18. The first-order valence-corrected chi connectivity index (χ1v) is 8.55. The summed E-state index contributed by atoms with van der Waals surface area (Å²) in [5.74, 6) is -1.11. The van der Waals surface area contributed by atoms with Crippen molar-refractivity contribution >= 4 is 43.2 Å². The van der Waals surface area contributed by atoms with E-state index in [1.807, 2.05) is 6.07 Å². The van der Waals surface area contributed by atoms with Gasteiger partial charge in [0.1, 0.15) is 11.6 Å². The predicted octanol–water partition coefficient (Wildman–Crippen LogP) is 5.64. The fraction of sp³-hybridized carbons (Fsp3) is 0.286. The maximum atomic E-state index is 13.4. The Labute approximate surface area is 137 Å². The minimum absolute atomic E-state index is 0.215. The Hall–Kier alpha value is -0.300. The van der Waals surface area contributed by atoms with E-state index in [4.69, 9.17) is 0 Å². The van der Waals surface area contributed by atoms with E-state index < -0.39 is 11.6 Å². The Bertz CT molecular complexity index is 561. The largest absolute Gasteiger partial charge is 0.306 e. The lowest BCUT2D eigenvalue weighted by atomic mass is 10.0. The van der Waals surface area contributed by atoms with E-state index in [0.717, 1.165) is 32.2 Å². The fourth-order valence-electron chi connectivity index (χ4n) is 1.92. The molecule has 0 saturated heterocycles. The Morgan fingerprint density at radius 1 is 1.15 bits per heavy atom. The van der Waals surface area contributed by atoms with Gasteiger partial charge in [-0.15, -0.1) is 11.3 Å². The van der Waals surface area contributed by atoms with Gasteiger partial charge in [0.15, 0.2) is 0 Å². The number of nitrogens with one attached hydrogen (secondary N) is 1. The van der Waals surface area contributed by atoms with Crippen LogP contribution >= 0.6 is 43.2 Å². The van der Waals surface area contributed by atoms with Crippen molar-refractivity contribution in [1.29, 1.82) is 0 Å². The van der Waals surface area contributed by atoms with Gasteiger partial charge in [0, 0.05) is 15.4 Å². The molecular formula is C14H13Br2F2NS. The number of hydrogen-bond acceptors (Lipinski definition) is 2. The van der Waals surface area contributed by atoms with Gasteiger partial charge in [-0.3, -0.25) is 0 Å². The van der Waals surface area contributed by atoms with Gasteiger partial charge in [0.25, 0.3) is 0 Å². The molecule has 0 amide bonds. The highest BCUT2D eigenvalue weighted by atomic mass is 79.9. The Kier molecular flexibility index (Phi) is 5.72. The second-order valence-electron chi connectivity index (χ2n) is 4.36. The Morgan fingerprint density at radius 3 is 2.30 bits per heavy atom. The maximum Gasteiger partial charge on any atom is 0.126 e. The molecule has 1 heterocycles. The molecular weight excluding hydrogens is 412 g/mol. The van der Waals surface area contributed by atoms with Crippen LogP contribution in [0.15, 0.2) is 32.5 Å². The molecule has 1 aromatic carbocycles. The zero-order valence-electron chi connectivity index (χ0n) is 10.7. The van der Waals surface area contributed by atoms with Gasteiger partial charge in [-0.1, -0.05) is 6.92 Å². The summed E-state index contributed by atoms with van der Waals surface area (Å²) < 4.78 is 28.8. The van der Waals surface area contributed by atoms with Crippen LogP contribution in [0.4, 0.5) is 8.78 Å². The molecule has 2 rings (SSSR count). The van der Waals surface area contributed by atoms with Gasteiger partial charge >= 0.3 is 0 Å². The number of hydrogen-bond donors (Lipinski definition) is 1. The fourth-order valence-corrected chi connectivity index (χ4v) is 4.11. The summed E-state index contributed by atoms with van der Waals surface area (Å²) in [4.78, 5) is 1.00. The number of halogens is 4. The van der Waals surface area contributed by atoms with Crippen LogP contribution in [0.1, 0.15) is 29.8 Å². The van der Waals surface area contributed by atoms with Crippen molar-refractivity contribution in [3.05, 3.63) is 54.6 Å². The standard InChI is InChI=1S/C14H13Br2F2NS/c1-2-3-19-13(12-7-11(15)14(16)20-12)8-4-9(17)6-10(18)5-8/h4-7,13,19H,2-3H2,1H3. The van der Waals surface area contributed by atoms with Gasteiger partial charge in [0.2, 0.25) is 0 Å². The molecule has 1 nitrogen and oxygen atoms in total. The van der Waals surface area contributed by atoms with Crippen LogP contribution in [0, 0.1) is 11.6 Å². The van der Waals surface area contributed by atoms with E-state index in [9.17, 15) is 8.78 Å². The molecule has 108 valence electrons. The summed E-state index contributed by atoms with van der Waals surface area (Å²) in [6, 6.07) is 5.38. The molecule has 0 spiro atoms. The molecule has 0 aliphatic heterocycles. The van der Waals surface area contributed by atoms with Crippen LogP contribution in [0.2, 0.25) is 0 Å². The van der Waals surface area contributed by atoms with Crippen molar-refractivity contribution < 1.29 is 8.78 Å². The van der Waals surface area contributed by atoms with E-state index in [2.05, 4.69) is 44.1 Å². The van der Waals surface area contributed by atoms with Crippen LogP contribution in [-0.2, 0) is 0 Å². The maximum absolute atomic E-state index is 13.4. The van der Waals surface area contributed by atoms with E-state index in [-0.39, 0.29) is 6.04 Å². The SMILES string of the molecule is CCCNC(c1cc(F)cc(F)c1)c1cc(Br)c(Br)s1. The summed E-state index contributed by atoms with van der Waals surface area (Å²) in [6.07, 6.45) is 0.946. The van der Waals surface area contributed by atoms with Crippen molar-refractivity contribution in [3.63, 3.8) is 0 Å². The molecule has 6 heteroatoms. The van der Waals surface area contributed by atoms with Gasteiger partial charge in [-0.05, 0) is 68.6 Å². The van der Waals surface area contributed by atoms with Crippen LogP contribution in [0.25, 0.3) is 0 Å². The molecule has 0 aliphatic rings. The van der Waals surface area contributed by atoms with Crippen LogP contribution < -0.4 is 5.32 Å². The monoisotopic (exact) mass is 423 g/mol. The van der Waals surface area contributed by atoms with Crippen LogP contribution in [0.5, 0.6) is 0 Å². The van der Waals surface area contributed by atoms with Gasteiger partial charge in [-0.25, -0.2) is 8.78 Å². The average Bonchev–Trinajstić information content (AvgIpc) is 2.69. The first kappa shape index (κ1) is 16.1. The molecule has 0 fully saturated rings. The van der Waals surface area contributed by atoms with Crippen LogP contribution in [0.3, 0.4) is 0 Å². The molecule has 20 heavy (non-hydrogen) atoms. The van der Waals surface area contributed by atoms with E-state index >= 15 is 0 Å². The quantitative estimate of drug-likeness (QED) is 0.654. The van der Waals surface area contributed by atoms with Gasteiger partial charge in [0.05, 0.1) is 9.83 Å². The first-order valence-electron chi connectivity index (χ1n) is 6.15. The van der Waals surface area contributed by atoms with Crippen molar-refractivity contribution in [2.24, 2.45) is 0 Å². The zero-order valence-corrected chi connectivity index (χ0v) is 14.7. The molecule has 0 radical (unpaired) electrons. The Balaban J connectivity index is 2.40. The molecule has 0 bridgehead atoms. The zero-order chi connectivity index (χ0) is 14.7. The second kappa shape index (κ2) is 7.11. The second-order valence-corrected chi connectivity index (χ2v) is 7.62. The summed E-state index contributed by atoms with van der Waals surface area (Å²) in [7, 11) is 0. The van der Waals surface area contributed by atoms with E-state index in [0.29, 0.717) is 5.56 Å². The summed E-state index contributed by atoms with van der Waals surface area (Å²) in [5, 5.41) is 3.33. The molecule has 1 N–H and O–H groups in total. The highest BCUT2D eigenvalue weighted by Crippen LogP contribution is 2.37. The van der Waals surface area contributed by atoms with Crippen molar-refractivity contribution in [2.75, 3.05) is 6.54 Å². The van der Waals surface area contributed by atoms with E-state index in [1.165, 1.54) is 12.1 Å². The summed E-state index contributed by atoms with van der Waals surface area (Å²) in [5.41, 5.74) is 0.595. The lowest BCUT2D eigenvalue weighted by Crippen LogP contribution is -2.22. The summed E-state index contributed by atoms with van der Waals surface area (Å²) >= 11 is 8.43. The average molecular weight is 425 g/mol. The molecule has 0 saturated carbocycles. The van der Waals surface area contributed by atoms with Crippen LogP contribution in [-0.4, -0.2) is 6.54 Å². The third-order valence-corrected chi connectivity index (χ3v) is 6.09. The first-order chi connectivity index (χ1) is 9.51. The minimum atomic E-state index is -0.557. The number of thiophene rings is 1. The normalized spacial score (nSPS) is 12.7. The lowest BCUT2D eigenvalue weighted by molar-refractivity contribution is 0.561. The smallest absolute Gasteiger partial charge is 0.126 e. The third kappa shape index (κ3) is 3.87. The number of rotatable bonds is 5. The van der Waals surface area contributed by atoms with Crippen molar-refractivity contribution in [3.8, 4) is 0 Å². The third-order valence-electron chi connectivity index (χ3n) is 2.77. The number of benzene rings is 1. The topological polar surface area (TPSA) is 12.0 Å².